The SMILES string of the molecule is CCCCCCC1=CC(C)N(C)C=C1C. The molecule has 0 saturated heterocycles. The third-order valence-corrected chi connectivity index (χ3v) is 3.29. The van der Waals surface area contributed by atoms with Gasteiger partial charge in [-0.2, -0.15) is 0 Å². The van der Waals surface area contributed by atoms with Crippen LogP contribution in [0.5, 0.6) is 0 Å². The molecular formula is C14H25N. The average molecular weight is 207 g/mol. The molecule has 0 aliphatic carbocycles. The normalized spacial score (nSPS) is 21.3. The van der Waals surface area contributed by atoms with Gasteiger partial charge in [-0.1, -0.05) is 32.3 Å². The lowest BCUT2D eigenvalue weighted by atomic mass is 9.96. The van der Waals surface area contributed by atoms with E-state index in [1.54, 1.807) is 5.57 Å². The molecule has 86 valence electrons. The summed E-state index contributed by atoms with van der Waals surface area (Å²) in [5.41, 5.74) is 3.02. The molecule has 1 heterocycles. The maximum absolute atomic E-state index is 2.42. The van der Waals surface area contributed by atoms with Crippen LogP contribution in [0.15, 0.2) is 23.4 Å². The van der Waals surface area contributed by atoms with E-state index >= 15 is 0 Å². The van der Waals surface area contributed by atoms with Crippen LogP contribution < -0.4 is 0 Å². The molecule has 0 saturated carbocycles. The van der Waals surface area contributed by atoms with Gasteiger partial charge in [0, 0.05) is 19.3 Å². The fourth-order valence-electron chi connectivity index (χ4n) is 2.07. The van der Waals surface area contributed by atoms with E-state index in [9.17, 15) is 0 Å². The van der Waals surface area contributed by atoms with Crippen LogP contribution in [0.3, 0.4) is 0 Å². The first-order valence-electron chi connectivity index (χ1n) is 6.26. The molecule has 15 heavy (non-hydrogen) atoms. The zero-order valence-electron chi connectivity index (χ0n) is 10.7. The Labute approximate surface area is 94.9 Å². The van der Waals surface area contributed by atoms with Gasteiger partial charge in [-0.3, -0.25) is 0 Å². The van der Waals surface area contributed by atoms with Crippen LogP contribution in [0.2, 0.25) is 0 Å². The predicted octanol–water partition coefficient (Wildman–Crippen LogP) is 4.12. The summed E-state index contributed by atoms with van der Waals surface area (Å²) in [5, 5.41) is 0. The molecule has 0 amide bonds. The van der Waals surface area contributed by atoms with Crippen molar-refractivity contribution in [2.24, 2.45) is 0 Å². The lowest BCUT2D eigenvalue weighted by Crippen LogP contribution is -2.25. The lowest BCUT2D eigenvalue weighted by molar-refractivity contribution is 0.395. The summed E-state index contributed by atoms with van der Waals surface area (Å²) in [6.45, 7) is 6.76. The van der Waals surface area contributed by atoms with E-state index in [2.05, 4.69) is 45.0 Å². The van der Waals surface area contributed by atoms with Gasteiger partial charge in [-0.25, -0.2) is 0 Å². The summed E-state index contributed by atoms with van der Waals surface area (Å²) >= 11 is 0. The van der Waals surface area contributed by atoms with E-state index in [0.29, 0.717) is 6.04 Å². The van der Waals surface area contributed by atoms with Crippen LogP contribution in [0.1, 0.15) is 52.9 Å². The Kier molecular flexibility index (Phi) is 4.93. The van der Waals surface area contributed by atoms with Crippen molar-refractivity contribution in [2.75, 3.05) is 7.05 Å². The van der Waals surface area contributed by atoms with Gasteiger partial charge >= 0.3 is 0 Å². The fraction of sp³-hybridized carbons (Fsp3) is 0.714. The third-order valence-electron chi connectivity index (χ3n) is 3.29. The van der Waals surface area contributed by atoms with Crippen molar-refractivity contribution in [2.45, 2.75) is 58.9 Å². The molecule has 0 N–H and O–H groups in total. The molecule has 0 aromatic carbocycles. The first-order chi connectivity index (χ1) is 7.15. The Balaban J connectivity index is 2.41. The molecule has 1 nitrogen and oxygen atoms in total. The minimum Gasteiger partial charge on any atom is -0.374 e. The van der Waals surface area contributed by atoms with E-state index in [4.69, 9.17) is 0 Å². The maximum Gasteiger partial charge on any atom is 0.0441 e. The Hall–Kier alpha value is -0.720. The van der Waals surface area contributed by atoms with Gasteiger partial charge in [-0.05, 0) is 37.8 Å². The Morgan fingerprint density at radius 3 is 2.67 bits per heavy atom. The highest BCUT2D eigenvalue weighted by atomic mass is 15.1. The van der Waals surface area contributed by atoms with Gasteiger partial charge in [0.2, 0.25) is 0 Å². The zero-order chi connectivity index (χ0) is 11.3. The number of likely N-dealkylation sites (N-methyl/N-ethyl adjacent to an activating group) is 1. The number of allylic oxidation sites excluding steroid dienone is 2. The molecule has 1 atom stereocenters. The number of rotatable bonds is 5. The van der Waals surface area contributed by atoms with Crippen molar-refractivity contribution >= 4 is 0 Å². The fourth-order valence-corrected chi connectivity index (χ4v) is 2.07. The van der Waals surface area contributed by atoms with Crippen molar-refractivity contribution in [1.29, 1.82) is 0 Å². The molecule has 1 aliphatic heterocycles. The van der Waals surface area contributed by atoms with Gasteiger partial charge in [0.1, 0.15) is 0 Å². The van der Waals surface area contributed by atoms with Gasteiger partial charge < -0.3 is 4.90 Å². The van der Waals surface area contributed by atoms with Crippen LogP contribution in [-0.4, -0.2) is 18.0 Å². The quantitative estimate of drug-likeness (QED) is 0.613. The second kappa shape index (κ2) is 5.99. The Bertz CT molecular complexity index is 250. The molecular weight excluding hydrogens is 182 g/mol. The first-order valence-corrected chi connectivity index (χ1v) is 6.26. The van der Waals surface area contributed by atoms with Crippen LogP contribution in [-0.2, 0) is 0 Å². The van der Waals surface area contributed by atoms with Crippen molar-refractivity contribution in [3.05, 3.63) is 23.4 Å². The number of nitrogens with zero attached hydrogens (tertiary/aromatic N) is 1. The van der Waals surface area contributed by atoms with Crippen molar-refractivity contribution in [3.63, 3.8) is 0 Å². The van der Waals surface area contributed by atoms with E-state index in [0.717, 1.165) is 0 Å². The molecule has 1 heteroatoms. The van der Waals surface area contributed by atoms with E-state index in [1.165, 1.54) is 37.7 Å². The van der Waals surface area contributed by atoms with Gasteiger partial charge in [-0.15, -0.1) is 0 Å². The van der Waals surface area contributed by atoms with Crippen molar-refractivity contribution in [3.8, 4) is 0 Å². The van der Waals surface area contributed by atoms with E-state index in [-0.39, 0.29) is 0 Å². The van der Waals surface area contributed by atoms with E-state index < -0.39 is 0 Å². The molecule has 0 spiro atoms. The summed E-state index contributed by atoms with van der Waals surface area (Å²) in [4.78, 5) is 2.28. The predicted molar refractivity (Wildman–Crippen MR) is 67.8 cm³/mol. The first kappa shape index (κ1) is 12.4. The van der Waals surface area contributed by atoms with Gasteiger partial charge in [0.25, 0.3) is 0 Å². The molecule has 0 aromatic heterocycles. The highest BCUT2D eigenvalue weighted by Crippen LogP contribution is 2.23. The lowest BCUT2D eigenvalue weighted by Gasteiger charge is -2.27. The largest absolute Gasteiger partial charge is 0.374 e. The van der Waals surface area contributed by atoms with Gasteiger partial charge in [0.05, 0.1) is 0 Å². The monoisotopic (exact) mass is 207 g/mol. The standard InChI is InChI=1S/C14H25N/c1-5-6-7-8-9-14-10-13(3)15(4)11-12(14)2/h10-11,13H,5-9H2,1-4H3. The summed E-state index contributed by atoms with van der Waals surface area (Å²) in [7, 11) is 2.15. The molecule has 0 fully saturated rings. The van der Waals surface area contributed by atoms with Gasteiger partial charge in [0.15, 0.2) is 0 Å². The second-order valence-corrected chi connectivity index (χ2v) is 4.72. The van der Waals surface area contributed by atoms with Crippen molar-refractivity contribution < 1.29 is 0 Å². The smallest absolute Gasteiger partial charge is 0.0441 e. The van der Waals surface area contributed by atoms with Crippen LogP contribution in [0.25, 0.3) is 0 Å². The third kappa shape index (κ3) is 3.73. The molecule has 1 rings (SSSR count). The Morgan fingerprint density at radius 2 is 2.00 bits per heavy atom. The molecule has 0 radical (unpaired) electrons. The second-order valence-electron chi connectivity index (χ2n) is 4.72. The summed E-state index contributed by atoms with van der Waals surface area (Å²) in [6.07, 6.45) is 11.4. The number of hydrogen-bond donors (Lipinski definition) is 0. The summed E-state index contributed by atoms with van der Waals surface area (Å²) < 4.78 is 0. The Morgan fingerprint density at radius 1 is 1.27 bits per heavy atom. The molecule has 0 bridgehead atoms. The zero-order valence-corrected chi connectivity index (χ0v) is 10.7. The molecule has 1 unspecified atom stereocenters. The summed E-state index contributed by atoms with van der Waals surface area (Å²) in [6, 6.07) is 0.565. The molecule has 1 aliphatic rings. The minimum atomic E-state index is 0.565. The van der Waals surface area contributed by atoms with E-state index in [1.807, 2.05) is 0 Å². The maximum atomic E-state index is 2.42. The topological polar surface area (TPSA) is 3.24 Å². The van der Waals surface area contributed by atoms with Crippen molar-refractivity contribution in [1.82, 2.24) is 4.90 Å². The highest BCUT2D eigenvalue weighted by molar-refractivity contribution is 5.33. The van der Waals surface area contributed by atoms with Crippen LogP contribution in [0.4, 0.5) is 0 Å². The average Bonchev–Trinajstić information content (AvgIpc) is 2.20. The molecule has 0 aromatic rings. The highest BCUT2D eigenvalue weighted by Gasteiger charge is 2.12. The number of unbranched alkanes of at least 4 members (excludes halogenated alkanes) is 3. The number of hydrogen-bond acceptors (Lipinski definition) is 1. The van der Waals surface area contributed by atoms with Crippen LogP contribution in [0, 0.1) is 0 Å². The summed E-state index contributed by atoms with van der Waals surface area (Å²) in [5.74, 6) is 0. The minimum absolute atomic E-state index is 0.565. The van der Waals surface area contributed by atoms with Crippen LogP contribution >= 0.6 is 0 Å².